The Labute approximate surface area is 135 Å². The lowest BCUT2D eigenvalue weighted by molar-refractivity contribution is -0.129. The summed E-state index contributed by atoms with van der Waals surface area (Å²) in [5.74, 6) is 1.20. The summed E-state index contributed by atoms with van der Waals surface area (Å²) in [6.07, 6.45) is 4.85. The second-order valence-electron chi connectivity index (χ2n) is 5.62. The number of carbonyl (C=O) groups excluding carboxylic acids is 1. The predicted octanol–water partition coefficient (Wildman–Crippen LogP) is 2.82. The lowest BCUT2D eigenvalue weighted by Crippen LogP contribution is -2.27. The van der Waals surface area contributed by atoms with Gasteiger partial charge in [-0.15, -0.1) is 11.3 Å². The maximum absolute atomic E-state index is 12.2. The van der Waals surface area contributed by atoms with Crippen LogP contribution in [0.2, 0.25) is 0 Å². The normalized spacial score (nSPS) is 11.0. The van der Waals surface area contributed by atoms with Crippen LogP contribution in [0.15, 0.2) is 17.8 Å². The SMILES string of the molecule is CCc1csc(CC(=O)N(C)Cc2cnc(C(C)C)nc2)n1. The zero-order valence-electron chi connectivity index (χ0n) is 13.5. The second kappa shape index (κ2) is 7.45. The number of amides is 1. The molecule has 118 valence electrons. The first kappa shape index (κ1) is 16.5. The molecule has 2 aromatic heterocycles. The number of nitrogens with zero attached hydrogens (tertiary/aromatic N) is 4. The maximum atomic E-state index is 12.2. The number of likely N-dealkylation sites (N-methyl/N-ethyl adjacent to an activating group) is 1. The van der Waals surface area contributed by atoms with E-state index in [1.807, 2.05) is 5.38 Å². The highest BCUT2D eigenvalue weighted by Crippen LogP contribution is 2.13. The molecule has 0 bridgehead atoms. The number of carbonyl (C=O) groups is 1. The molecule has 0 aromatic carbocycles. The molecule has 1 amide bonds. The molecule has 0 spiro atoms. The number of rotatable bonds is 6. The van der Waals surface area contributed by atoms with Gasteiger partial charge >= 0.3 is 0 Å². The first-order valence-electron chi connectivity index (χ1n) is 7.47. The highest BCUT2D eigenvalue weighted by molar-refractivity contribution is 7.09. The summed E-state index contributed by atoms with van der Waals surface area (Å²) >= 11 is 1.55. The van der Waals surface area contributed by atoms with E-state index in [1.54, 1.807) is 35.7 Å². The Hall–Kier alpha value is -1.82. The fourth-order valence-corrected chi connectivity index (χ4v) is 2.83. The Balaban J connectivity index is 1.93. The van der Waals surface area contributed by atoms with Gasteiger partial charge in [0, 0.05) is 42.8 Å². The molecule has 2 rings (SSSR count). The van der Waals surface area contributed by atoms with Gasteiger partial charge in [0.1, 0.15) is 10.8 Å². The van der Waals surface area contributed by atoms with E-state index < -0.39 is 0 Å². The van der Waals surface area contributed by atoms with E-state index in [0.717, 1.165) is 28.5 Å². The fourth-order valence-electron chi connectivity index (χ4n) is 1.96. The number of hydrogen-bond donors (Lipinski definition) is 0. The van der Waals surface area contributed by atoms with Gasteiger partial charge in [0.05, 0.1) is 12.1 Å². The molecule has 0 unspecified atom stereocenters. The quantitative estimate of drug-likeness (QED) is 0.822. The number of thiazole rings is 1. The zero-order chi connectivity index (χ0) is 16.1. The average molecular weight is 318 g/mol. The molecule has 0 aliphatic carbocycles. The van der Waals surface area contributed by atoms with Gasteiger partial charge < -0.3 is 4.90 Å². The summed E-state index contributed by atoms with van der Waals surface area (Å²) in [7, 11) is 1.80. The summed E-state index contributed by atoms with van der Waals surface area (Å²) in [5, 5.41) is 2.89. The molecule has 0 saturated carbocycles. The Morgan fingerprint density at radius 3 is 2.55 bits per heavy atom. The van der Waals surface area contributed by atoms with Crippen LogP contribution in [0, 0.1) is 0 Å². The minimum Gasteiger partial charge on any atom is -0.341 e. The summed E-state index contributed by atoms with van der Waals surface area (Å²) in [6, 6.07) is 0. The van der Waals surface area contributed by atoms with Crippen molar-refractivity contribution in [2.24, 2.45) is 0 Å². The van der Waals surface area contributed by atoms with Gasteiger partial charge in [-0.2, -0.15) is 0 Å². The summed E-state index contributed by atoms with van der Waals surface area (Å²) in [4.78, 5) is 27.0. The highest BCUT2D eigenvalue weighted by Gasteiger charge is 2.13. The van der Waals surface area contributed by atoms with Gasteiger partial charge in [-0.25, -0.2) is 15.0 Å². The van der Waals surface area contributed by atoms with Crippen molar-refractivity contribution in [1.82, 2.24) is 19.9 Å². The van der Waals surface area contributed by atoms with Crippen molar-refractivity contribution >= 4 is 17.2 Å². The van der Waals surface area contributed by atoms with E-state index in [9.17, 15) is 4.79 Å². The van der Waals surface area contributed by atoms with Gasteiger partial charge in [-0.3, -0.25) is 4.79 Å². The van der Waals surface area contributed by atoms with Crippen molar-refractivity contribution in [3.05, 3.63) is 39.9 Å². The molecule has 6 heteroatoms. The summed E-state index contributed by atoms with van der Waals surface area (Å²) < 4.78 is 0. The van der Waals surface area contributed by atoms with Crippen LogP contribution in [0.25, 0.3) is 0 Å². The molecule has 0 N–H and O–H groups in total. The first-order chi connectivity index (χ1) is 10.5. The third-order valence-corrected chi connectivity index (χ3v) is 4.25. The van der Waals surface area contributed by atoms with Gasteiger partial charge in [-0.05, 0) is 6.42 Å². The predicted molar refractivity (Wildman–Crippen MR) is 87.8 cm³/mol. The lowest BCUT2D eigenvalue weighted by atomic mass is 10.2. The zero-order valence-corrected chi connectivity index (χ0v) is 14.4. The van der Waals surface area contributed by atoms with Crippen molar-refractivity contribution < 1.29 is 4.79 Å². The third kappa shape index (κ3) is 4.34. The molecule has 0 aliphatic heterocycles. The molecule has 0 radical (unpaired) electrons. The van der Waals surface area contributed by atoms with Gasteiger partial charge in [0.25, 0.3) is 0 Å². The molecule has 0 saturated heterocycles. The molecule has 0 aliphatic rings. The van der Waals surface area contributed by atoms with E-state index in [4.69, 9.17) is 0 Å². The van der Waals surface area contributed by atoms with Gasteiger partial charge in [0.2, 0.25) is 5.91 Å². The molecular weight excluding hydrogens is 296 g/mol. The Bertz CT molecular complexity index is 621. The topological polar surface area (TPSA) is 59.0 Å². The molecule has 2 aromatic rings. The van der Waals surface area contributed by atoms with E-state index >= 15 is 0 Å². The van der Waals surface area contributed by atoms with Crippen molar-refractivity contribution in [2.45, 2.75) is 46.1 Å². The van der Waals surface area contributed by atoms with Crippen LogP contribution < -0.4 is 0 Å². The minimum absolute atomic E-state index is 0.0601. The van der Waals surface area contributed by atoms with Crippen LogP contribution in [-0.4, -0.2) is 32.8 Å². The van der Waals surface area contributed by atoms with Gasteiger partial charge in [-0.1, -0.05) is 20.8 Å². The van der Waals surface area contributed by atoms with Crippen molar-refractivity contribution in [1.29, 1.82) is 0 Å². The molecule has 5 nitrogen and oxygen atoms in total. The van der Waals surface area contributed by atoms with E-state index in [0.29, 0.717) is 18.9 Å². The Morgan fingerprint density at radius 1 is 1.32 bits per heavy atom. The van der Waals surface area contributed by atoms with E-state index in [-0.39, 0.29) is 5.91 Å². The largest absolute Gasteiger partial charge is 0.341 e. The fraction of sp³-hybridized carbons (Fsp3) is 0.500. The van der Waals surface area contributed by atoms with Gasteiger partial charge in [0.15, 0.2) is 0 Å². The standard InChI is InChI=1S/C16H22N4OS/c1-5-13-10-22-14(19-13)6-15(21)20(4)9-12-7-17-16(11(2)3)18-8-12/h7-8,10-11H,5-6,9H2,1-4H3. The monoisotopic (exact) mass is 318 g/mol. The molecular formula is C16H22N4OS. The average Bonchev–Trinajstić information content (AvgIpc) is 2.95. The summed E-state index contributed by atoms with van der Waals surface area (Å²) in [6.45, 7) is 6.70. The van der Waals surface area contributed by atoms with Crippen LogP contribution in [-0.2, 0) is 24.2 Å². The van der Waals surface area contributed by atoms with Crippen LogP contribution in [0.3, 0.4) is 0 Å². The Morgan fingerprint density at radius 2 is 2.00 bits per heavy atom. The number of hydrogen-bond acceptors (Lipinski definition) is 5. The Kier molecular flexibility index (Phi) is 5.60. The van der Waals surface area contributed by atoms with Crippen molar-refractivity contribution in [3.63, 3.8) is 0 Å². The number of aromatic nitrogens is 3. The highest BCUT2D eigenvalue weighted by atomic mass is 32.1. The van der Waals surface area contributed by atoms with Crippen molar-refractivity contribution in [2.75, 3.05) is 7.05 Å². The maximum Gasteiger partial charge on any atom is 0.229 e. The molecule has 22 heavy (non-hydrogen) atoms. The molecule has 0 atom stereocenters. The lowest BCUT2D eigenvalue weighted by Gasteiger charge is -2.16. The molecule has 2 heterocycles. The summed E-state index contributed by atoms with van der Waals surface area (Å²) in [5.41, 5.74) is 1.99. The van der Waals surface area contributed by atoms with Crippen LogP contribution in [0.5, 0.6) is 0 Å². The van der Waals surface area contributed by atoms with Crippen LogP contribution in [0.1, 0.15) is 48.8 Å². The molecule has 0 fully saturated rings. The number of aryl methyl sites for hydroxylation is 1. The van der Waals surface area contributed by atoms with Crippen LogP contribution in [0.4, 0.5) is 0 Å². The second-order valence-corrected chi connectivity index (χ2v) is 6.56. The van der Waals surface area contributed by atoms with Crippen molar-refractivity contribution in [3.8, 4) is 0 Å². The first-order valence-corrected chi connectivity index (χ1v) is 8.35. The van der Waals surface area contributed by atoms with Crippen LogP contribution >= 0.6 is 11.3 Å². The minimum atomic E-state index is 0.0601. The third-order valence-electron chi connectivity index (χ3n) is 3.35. The smallest absolute Gasteiger partial charge is 0.229 e. The van der Waals surface area contributed by atoms with E-state index in [2.05, 4.69) is 35.7 Å². The van der Waals surface area contributed by atoms with E-state index in [1.165, 1.54) is 0 Å².